The van der Waals surface area contributed by atoms with Gasteiger partial charge >= 0.3 is 18.9 Å². The molecule has 0 saturated heterocycles. The Kier molecular flexibility index (Phi) is 9.86. The number of hydrogen-bond donors (Lipinski definition) is 1. The number of halogens is 6. The summed E-state index contributed by atoms with van der Waals surface area (Å²) in [7, 11) is 0. The smallest absolute Gasteiger partial charge is 0.408 e. The van der Waals surface area contributed by atoms with Crippen LogP contribution in [0.3, 0.4) is 0 Å². The Morgan fingerprint density at radius 2 is 1.87 bits per heavy atom. The number of alkyl halides is 5. The lowest BCUT2D eigenvalue weighted by molar-refractivity contribution is -0.191. The van der Waals surface area contributed by atoms with Crippen LogP contribution >= 0.6 is 11.6 Å². The summed E-state index contributed by atoms with van der Waals surface area (Å²) in [6.45, 7) is 2.19. The number of aromatic nitrogens is 3. The first-order valence-corrected chi connectivity index (χ1v) is 9.44. The van der Waals surface area contributed by atoms with Crippen LogP contribution in [0.5, 0.6) is 5.75 Å². The molecule has 0 unspecified atom stereocenters. The fraction of sp³-hybridized carbons (Fsp3) is 0.500. The largest absolute Gasteiger partial charge is 0.434 e. The van der Waals surface area contributed by atoms with Crippen LogP contribution in [0.1, 0.15) is 32.9 Å². The topological polar surface area (TPSA) is 86.1 Å². The number of carbonyl (C=O) groups excluding carboxylic acids is 2. The second-order valence-corrected chi connectivity index (χ2v) is 6.33. The van der Waals surface area contributed by atoms with E-state index in [-0.39, 0.29) is 34.7 Å². The number of ether oxygens (including phenoxy) is 1. The Labute approximate surface area is 179 Å². The third-order valence-electron chi connectivity index (χ3n) is 4.06. The van der Waals surface area contributed by atoms with Crippen LogP contribution in [0.15, 0.2) is 12.3 Å². The van der Waals surface area contributed by atoms with E-state index < -0.39 is 18.8 Å². The van der Waals surface area contributed by atoms with Crippen LogP contribution in [-0.2, 0) is 22.6 Å². The summed E-state index contributed by atoms with van der Waals surface area (Å²) >= 11 is 6.34. The van der Waals surface area contributed by atoms with Gasteiger partial charge in [0.25, 0.3) is 0 Å². The Morgan fingerprint density at radius 3 is 2.32 bits per heavy atom. The molecule has 0 aliphatic heterocycles. The second-order valence-electron chi connectivity index (χ2n) is 5.95. The van der Waals surface area contributed by atoms with E-state index >= 15 is 0 Å². The van der Waals surface area contributed by atoms with Crippen molar-refractivity contribution in [3.05, 3.63) is 23.0 Å². The Balaban J connectivity index is 0.00000151. The second kappa shape index (κ2) is 11.6. The highest BCUT2D eigenvalue weighted by Crippen LogP contribution is 2.38. The van der Waals surface area contributed by atoms with Gasteiger partial charge in [-0.1, -0.05) is 25.4 Å². The molecule has 2 aromatic heterocycles. The molecule has 0 bridgehead atoms. The third kappa shape index (κ3) is 6.90. The van der Waals surface area contributed by atoms with Gasteiger partial charge in [-0.25, -0.2) is 4.98 Å². The zero-order valence-electron chi connectivity index (χ0n) is 16.8. The van der Waals surface area contributed by atoms with E-state index in [1.165, 1.54) is 11.6 Å². The average molecular weight is 471 g/mol. The molecule has 0 spiro atoms. The van der Waals surface area contributed by atoms with Gasteiger partial charge in [-0.2, -0.15) is 36.6 Å². The fourth-order valence-electron chi connectivity index (χ4n) is 2.68. The molecule has 2 aromatic rings. The van der Waals surface area contributed by atoms with Crippen LogP contribution in [0, 0.1) is 0 Å². The van der Waals surface area contributed by atoms with Gasteiger partial charge in [0.2, 0.25) is 0 Å². The van der Waals surface area contributed by atoms with Crippen molar-refractivity contribution in [1.82, 2.24) is 14.8 Å². The van der Waals surface area contributed by atoms with Crippen molar-refractivity contribution in [3.8, 4) is 17.0 Å². The van der Waals surface area contributed by atoms with E-state index in [2.05, 4.69) is 20.1 Å². The molecule has 2 heterocycles. The number of pyridine rings is 1. The van der Waals surface area contributed by atoms with Crippen molar-refractivity contribution >= 4 is 23.6 Å². The molecule has 13 heteroatoms. The molecule has 2 rings (SSSR count). The molecular formula is C18H20ClF5N4O3. The van der Waals surface area contributed by atoms with Gasteiger partial charge in [0.15, 0.2) is 0 Å². The summed E-state index contributed by atoms with van der Waals surface area (Å²) in [6.07, 6.45) is -2.86. The summed E-state index contributed by atoms with van der Waals surface area (Å²) in [5.41, 5.74) is 0.996. The number of hydrogen-bond acceptors (Lipinski definition) is 6. The zero-order chi connectivity index (χ0) is 23.8. The molecule has 7 nitrogen and oxygen atoms in total. The summed E-state index contributed by atoms with van der Waals surface area (Å²) in [4.78, 5) is 20.2. The molecule has 0 saturated carbocycles. The van der Waals surface area contributed by atoms with Crippen molar-refractivity contribution < 1.29 is 36.3 Å². The third-order valence-corrected chi connectivity index (χ3v) is 4.46. The number of nitrogens with zero attached hydrogens (tertiary/aromatic N) is 3. The van der Waals surface area contributed by atoms with Gasteiger partial charge in [-0.15, -0.1) is 0 Å². The van der Waals surface area contributed by atoms with Crippen molar-refractivity contribution in [3.63, 3.8) is 0 Å². The molecule has 0 radical (unpaired) electrons. The van der Waals surface area contributed by atoms with Gasteiger partial charge < -0.3 is 10.1 Å². The van der Waals surface area contributed by atoms with Gasteiger partial charge in [-0.3, -0.25) is 4.68 Å². The standard InChI is InChI=1S/C17H20ClF5N4O.CO2/c1-4-10-14(18)15(27(6-3)26-10)9-8-24-13(7-11(9)28-16(19)20)25-12(5-2)17(21,22)23;2-1-3/h7-8,12,16H,4-6H2,1-3H3,(H,24,25);/t12-;/m0./s1. The number of nitrogens with one attached hydrogen (secondary N) is 1. The highest BCUT2D eigenvalue weighted by atomic mass is 35.5. The van der Waals surface area contributed by atoms with Crippen LogP contribution in [0.2, 0.25) is 5.02 Å². The first-order valence-electron chi connectivity index (χ1n) is 9.06. The van der Waals surface area contributed by atoms with Gasteiger partial charge in [0.05, 0.1) is 22.0 Å². The predicted molar refractivity (Wildman–Crippen MR) is 101 cm³/mol. The average Bonchev–Trinajstić information content (AvgIpc) is 3.01. The molecule has 0 aliphatic rings. The quantitative estimate of drug-likeness (QED) is 0.549. The van der Waals surface area contributed by atoms with Crippen molar-refractivity contribution in [2.45, 2.75) is 59.0 Å². The van der Waals surface area contributed by atoms with E-state index in [4.69, 9.17) is 21.2 Å². The predicted octanol–water partition coefficient (Wildman–Crippen LogP) is 4.95. The highest BCUT2D eigenvalue weighted by molar-refractivity contribution is 6.33. The molecule has 1 atom stereocenters. The lowest BCUT2D eigenvalue weighted by atomic mass is 10.1. The summed E-state index contributed by atoms with van der Waals surface area (Å²) < 4.78 is 70.8. The van der Waals surface area contributed by atoms with E-state index in [1.54, 1.807) is 6.92 Å². The molecule has 172 valence electrons. The Hall–Kier alpha value is -2.72. The first kappa shape index (κ1) is 26.3. The minimum atomic E-state index is -4.51. The fourth-order valence-corrected chi connectivity index (χ4v) is 3.05. The minimum Gasteiger partial charge on any atom is -0.434 e. The van der Waals surface area contributed by atoms with Crippen molar-refractivity contribution in [2.75, 3.05) is 5.32 Å². The number of rotatable bonds is 8. The molecule has 31 heavy (non-hydrogen) atoms. The molecule has 0 amide bonds. The first-order chi connectivity index (χ1) is 14.5. The maximum Gasteiger partial charge on any atom is 0.408 e. The molecule has 1 N–H and O–H groups in total. The van der Waals surface area contributed by atoms with E-state index in [9.17, 15) is 22.0 Å². The lowest BCUT2D eigenvalue weighted by Crippen LogP contribution is -2.35. The monoisotopic (exact) mass is 470 g/mol. The molecule has 0 aliphatic carbocycles. The summed E-state index contributed by atoms with van der Waals surface area (Å²) in [5.74, 6) is -0.582. The zero-order valence-corrected chi connectivity index (χ0v) is 17.5. The lowest BCUT2D eigenvalue weighted by Gasteiger charge is -2.21. The SMILES string of the molecule is CCc1nn(CC)c(-c2cnc(N[C@@H](CC)C(F)(F)F)cc2OC(F)F)c1Cl.O=C=O. The van der Waals surface area contributed by atoms with Crippen LogP contribution < -0.4 is 10.1 Å². The number of aryl methyl sites for hydroxylation is 2. The Bertz CT molecular complexity index is 899. The minimum absolute atomic E-state index is 0.116. The van der Waals surface area contributed by atoms with Crippen LogP contribution in [0.4, 0.5) is 27.8 Å². The molecule has 0 fully saturated rings. The normalized spacial score (nSPS) is 12.1. The van der Waals surface area contributed by atoms with E-state index in [0.29, 0.717) is 24.4 Å². The van der Waals surface area contributed by atoms with E-state index in [1.807, 2.05) is 6.92 Å². The maximum absolute atomic E-state index is 13.0. The van der Waals surface area contributed by atoms with Gasteiger partial charge in [0.1, 0.15) is 17.6 Å². The number of anilines is 1. The van der Waals surface area contributed by atoms with E-state index in [0.717, 1.165) is 12.3 Å². The maximum atomic E-state index is 13.0. The Morgan fingerprint density at radius 1 is 1.26 bits per heavy atom. The van der Waals surface area contributed by atoms with Gasteiger partial charge in [0, 0.05) is 18.8 Å². The van der Waals surface area contributed by atoms with Crippen molar-refractivity contribution in [1.29, 1.82) is 0 Å². The summed E-state index contributed by atoms with van der Waals surface area (Å²) in [5, 5.41) is 6.77. The molecular weight excluding hydrogens is 451 g/mol. The van der Waals surface area contributed by atoms with Crippen LogP contribution in [0.25, 0.3) is 11.3 Å². The van der Waals surface area contributed by atoms with Crippen molar-refractivity contribution in [2.24, 2.45) is 0 Å². The molecule has 0 aromatic carbocycles. The summed E-state index contributed by atoms with van der Waals surface area (Å²) in [6, 6.07) is -0.869. The van der Waals surface area contributed by atoms with Gasteiger partial charge in [-0.05, 0) is 19.8 Å². The van der Waals surface area contributed by atoms with Crippen LogP contribution in [-0.4, -0.2) is 39.7 Å². The highest BCUT2D eigenvalue weighted by Gasteiger charge is 2.38.